The van der Waals surface area contributed by atoms with Crippen molar-refractivity contribution in [3.05, 3.63) is 16.3 Å². The summed E-state index contributed by atoms with van der Waals surface area (Å²) >= 11 is 1.87. The molecule has 2 aliphatic rings. The van der Waals surface area contributed by atoms with Crippen molar-refractivity contribution in [2.75, 3.05) is 44.8 Å². The standard InChI is InChI=1S/C22H32N4O2S/c1-14-23-20(26-10-8-25(9-11-26)18(27)13-28-5)19-16-7-6-15(22(2,3)4)12-17(16)29-21(19)24-14/h15H,6-13H2,1-5H3/t15-/m0/s1. The van der Waals surface area contributed by atoms with E-state index in [9.17, 15) is 4.79 Å². The van der Waals surface area contributed by atoms with Gasteiger partial charge in [0.05, 0.1) is 5.39 Å². The lowest BCUT2D eigenvalue weighted by atomic mass is 9.72. The molecule has 0 bridgehead atoms. The van der Waals surface area contributed by atoms with Crippen LogP contribution in [-0.2, 0) is 22.4 Å². The van der Waals surface area contributed by atoms with Crippen molar-refractivity contribution in [3.63, 3.8) is 0 Å². The number of hydrogen-bond acceptors (Lipinski definition) is 6. The predicted molar refractivity (Wildman–Crippen MR) is 118 cm³/mol. The first-order chi connectivity index (χ1) is 13.8. The minimum absolute atomic E-state index is 0.0669. The Morgan fingerprint density at radius 1 is 1.21 bits per heavy atom. The zero-order valence-corrected chi connectivity index (χ0v) is 19.1. The van der Waals surface area contributed by atoms with Crippen LogP contribution in [0.4, 0.5) is 5.82 Å². The molecule has 2 aromatic rings. The van der Waals surface area contributed by atoms with Crippen molar-refractivity contribution < 1.29 is 9.53 Å². The van der Waals surface area contributed by atoms with E-state index in [2.05, 4.69) is 25.7 Å². The van der Waals surface area contributed by atoms with Crippen LogP contribution in [0.25, 0.3) is 10.2 Å². The number of hydrogen-bond donors (Lipinski definition) is 0. The number of nitrogens with zero attached hydrogens (tertiary/aromatic N) is 4. The largest absolute Gasteiger partial charge is 0.375 e. The molecule has 1 atom stereocenters. The molecule has 0 saturated carbocycles. The minimum Gasteiger partial charge on any atom is -0.375 e. The maximum atomic E-state index is 12.1. The fourth-order valence-corrected chi connectivity index (χ4v) is 5.95. The molecule has 1 aliphatic heterocycles. The van der Waals surface area contributed by atoms with E-state index in [0.29, 0.717) is 18.5 Å². The molecule has 0 unspecified atom stereocenters. The van der Waals surface area contributed by atoms with Gasteiger partial charge in [-0.25, -0.2) is 9.97 Å². The van der Waals surface area contributed by atoms with Crippen LogP contribution >= 0.6 is 11.3 Å². The summed E-state index contributed by atoms with van der Waals surface area (Å²) < 4.78 is 5.00. The first-order valence-corrected chi connectivity index (χ1v) is 11.4. The summed E-state index contributed by atoms with van der Waals surface area (Å²) in [6.45, 7) is 12.2. The van der Waals surface area contributed by atoms with E-state index in [1.165, 1.54) is 22.2 Å². The number of rotatable bonds is 3. The molecule has 4 rings (SSSR count). The van der Waals surface area contributed by atoms with Gasteiger partial charge in [0.1, 0.15) is 23.1 Å². The van der Waals surface area contributed by atoms with E-state index in [1.54, 1.807) is 7.11 Å². The van der Waals surface area contributed by atoms with Crippen molar-refractivity contribution in [2.45, 2.75) is 47.0 Å². The van der Waals surface area contributed by atoms with E-state index >= 15 is 0 Å². The van der Waals surface area contributed by atoms with Crippen molar-refractivity contribution in [1.29, 1.82) is 0 Å². The summed E-state index contributed by atoms with van der Waals surface area (Å²) in [4.78, 5) is 28.7. The summed E-state index contributed by atoms with van der Waals surface area (Å²) in [7, 11) is 1.57. The topological polar surface area (TPSA) is 58.6 Å². The Hall–Kier alpha value is -1.73. The number of fused-ring (bicyclic) bond motifs is 3. The molecule has 0 aromatic carbocycles. The third-order valence-electron chi connectivity index (χ3n) is 6.43. The Balaban J connectivity index is 1.63. The Kier molecular flexibility index (Phi) is 5.55. The molecule has 3 heterocycles. The Labute approximate surface area is 177 Å². The van der Waals surface area contributed by atoms with Crippen LogP contribution in [0.15, 0.2) is 0 Å². The number of methoxy groups -OCH3 is 1. The van der Waals surface area contributed by atoms with Crippen LogP contribution in [0.3, 0.4) is 0 Å². The number of carbonyl (C=O) groups is 1. The van der Waals surface area contributed by atoms with E-state index < -0.39 is 0 Å². The van der Waals surface area contributed by atoms with Gasteiger partial charge in [-0.1, -0.05) is 20.8 Å². The number of anilines is 1. The molecule has 158 valence electrons. The van der Waals surface area contributed by atoms with Gasteiger partial charge in [0, 0.05) is 38.2 Å². The van der Waals surface area contributed by atoms with Crippen LogP contribution in [-0.4, -0.2) is 60.7 Å². The SMILES string of the molecule is COCC(=O)N1CCN(c2nc(C)nc3sc4c(c23)CC[C@H](C(C)(C)C)C4)CC1. The maximum Gasteiger partial charge on any atom is 0.248 e. The van der Waals surface area contributed by atoms with Crippen molar-refractivity contribution in [1.82, 2.24) is 14.9 Å². The molecule has 0 radical (unpaired) electrons. The number of carbonyl (C=O) groups excluding carboxylic acids is 1. The van der Waals surface area contributed by atoms with Gasteiger partial charge >= 0.3 is 0 Å². The van der Waals surface area contributed by atoms with E-state index in [4.69, 9.17) is 14.7 Å². The third-order valence-corrected chi connectivity index (χ3v) is 7.57. The highest BCUT2D eigenvalue weighted by molar-refractivity contribution is 7.19. The molecular weight excluding hydrogens is 384 g/mol. The van der Waals surface area contributed by atoms with Crippen molar-refractivity contribution in [3.8, 4) is 0 Å². The van der Waals surface area contributed by atoms with E-state index in [0.717, 1.165) is 48.3 Å². The smallest absolute Gasteiger partial charge is 0.248 e. The van der Waals surface area contributed by atoms with Gasteiger partial charge in [-0.05, 0) is 43.1 Å². The second-order valence-corrected chi connectivity index (χ2v) is 10.5. The van der Waals surface area contributed by atoms with Crippen LogP contribution in [0, 0.1) is 18.3 Å². The Morgan fingerprint density at radius 2 is 1.93 bits per heavy atom. The molecule has 7 heteroatoms. The fraction of sp³-hybridized carbons (Fsp3) is 0.682. The summed E-state index contributed by atoms with van der Waals surface area (Å²) in [6.07, 6.45) is 3.50. The highest BCUT2D eigenvalue weighted by Gasteiger charge is 2.33. The molecule has 2 aromatic heterocycles. The van der Waals surface area contributed by atoms with Crippen molar-refractivity contribution >= 4 is 33.3 Å². The van der Waals surface area contributed by atoms with Crippen LogP contribution in [0.5, 0.6) is 0 Å². The van der Waals surface area contributed by atoms with Crippen LogP contribution in [0.2, 0.25) is 0 Å². The van der Waals surface area contributed by atoms with Gasteiger partial charge in [-0.3, -0.25) is 4.79 Å². The number of ether oxygens (including phenoxy) is 1. The minimum atomic E-state index is 0.0669. The van der Waals surface area contributed by atoms with Gasteiger partial charge in [0.15, 0.2) is 0 Å². The van der Waals surface area contributed by atoms with Gasteiger partial charge in [0.2, 0.25) is 5.91 Å². The van der Waals surface area contributed by atoms with Crippen LogP contribution < -0.4 is 4.90 Å². The summed E-state index contributed by atoms with van der Waals surface area (Å²) in [5.74, 6) is 2.68. The number of amides is 1. The molecule has 1 amide bonds. The normalized spacial score (nSPS) is 20.2. The number of piperazine rings is 1. The second-order valence-electron chi connectivity index (χ2n) is 9.38. The fourth-order valence-electron chi connectivity index (χ4n) is 4.61. The van der Waals surface area contributed by atoms with Crippen LogP contribution in [0.1, 0.15) is 43.5 Å². The zero-order chi connectivity index (χ0) is 20.8. The summed E-state index contributed by atoms with van der Waals surface area (Å²) in [5.41, 5.74) is 1.81. The molecule has 1 fully saturated rings. The lowest BCUT2D eigenvalue weighted by Crippen LogP contribution is -2.50. The first kappa shape index (κ1) is 20.5. The summed E-state index contributed by atoms with van der Waals surface area (Å²) in [5, 5.41) is 1.26. The quantitative estimate of drug-likeness (QED) is 0.767. The number of aryl methyl sites for hydroxylation is 2. The maximum absolute atomic E-state index is 12.1. The van der Waals surface area contributed by atoms with E-state index in [1.807, 2.05) is 23.2 Å². The Morgan fingerprint density at radius 3 is 2.59 bits per heavy atom. The predicted octanol–water partition coefficient (Wildman–Crippen LogP) is 3.45. The average Bonchev–Trinajstić information content (AvgIpc) is 3.04. The lowest BCUT2D eigenvalue weighted by molar-refractivity contribution is -0.135. The molecule has 1 aliphatic carbocycles. The third kappa shape index (κ3) is 3.99. The zero-order valence-electron chi connectivity index (χ0n) is 18.2. The highest BCUT2D eigenvalue weighted by Crippen LogP contribution is 2.45. The molecule has 0 spiro atoms. The second kappa shape index (κ2) is 7.84. The number of aromatic nitrogens is 2. The van der Waals surface area contributed by atoms with E-state index in [-0.39, 0.29) is 12.5 Å². The molecule has 29 heavy (non-hydrogen) atoms. The van der Waals surface area contributed by atoms with Gasteiger partial charge < -0.3 is 14.5 Å². The monoisotopic (exact) mass is 416 g/mol. The molecule has 6 nitrogen and oxygen atoms in total. The Bertz CT molecular complexity index is 910. The first-order valence-electron chi connectivity index (χ1n) is 10.6. The van der Waals surface area contributed by atoms with Gasteiger partial charge in [-0.15, -0.1) is 11.3 Å². The molecule has 1 saturated heterocycles. The van der Waals surface area contributed by atoms with Crippen molar-refractivity contribution in [2.24, 2.45) is 11.3 Å². The molecule has 0 N–H and O–H groups in total. The lowest BCUT2D eigenvalue weighted by Gasteiger charge is -2.36. The summed E-state index contributed by atoms with van der Waals surface area (Å²) in [6, 6.07) is 0. The van der Waals surface area contributed by atoms with Gasteiger partial charge in [-0.2, -0.15) is 0 Å². The highest BCUT2D eigenvalue weighted by atomic mass is 32.1. The molecular formula is C22H32N4O2S. The average molecular weight is 417 g/mol. The van der Waals surface area contributed by atoms with Gasteiger partial charge in [0.25, 0.3) is 0 Å². The number of thiophene rings is 1.